The molecular formula is C18H21N3O2. The minimum Gasteiger partial charge on any atom is -0.401 e. The zero-order valence-electron chi connectivity index (χ0n) is 14.4. The van der Waals surface area contributed by atoms with Crippen LogP contribution in [0.1, 0.15) is 37.6 Å². The highest BCUT2D eigenvalue weighted by Crippen LogP contribution is 2.26. The van der Waals surface area contributed by atoms with Crippen molar-refractivity contribution in [3.05, 3.63) is 45.4 Å². The largest absolute Gasteiger partial charge is 0.401 e. The normalized spacial score (nSPS) is 12.1. The van der Waals surface area contributed by atoms with Crippen molar-refractivity contribution in [3.8, 4) is 11.6 Å². The Morgan fingerprint density at radius 1 is 1.09 bits per heavy atom. The lowest BCUT2D eigenvalue weighted by atomic mass is 10.1. The van der Waals surface area contributed by atoms with Gasteiger partial charge in [0.05, 0.1) is 22.1 Å². The predicted octanol–water partition coefficient (Wildman–Crippen LogP) is 3.73. The number of aryl methyl sites for hydroxylation is 3. The molecule has 0 aliphatic rings. The van der Waals surface area contributed by atoms with Gasteiger partial charge in [-0.05, 0) is 64.8 Å². The number of fused-ring (bicyclic) bond motifs is 1. The van der Waals surface area contributed by atoms with Gasteiger partial charge in [-0.25, -0.2) is 9.78 Å². The van der Waals surface area contributed by atoms with Crippen molar-refractivity contribution < 1.29 is 4.42 Å². The summed E-state index contributed by atoms with van der Waals surface area (Å²) in [4.78, 5) is 17.0. The van der Waals surface area contributed by atoms with Crippen LogP contribution in [0.15, 0.2) is 27.4 Å². The second-order valence-corrected chi connectivity index (χ2v) is 7.04. The average Bonchev–Trinajstić information content (AvgIpc) is 2.82. The molecule has 5 nitrogen and oxygen atoms in total. The second kappa shape index (κ2) is 5.05. The number of aromatic nitrogens is 3. The van der Waals surface area contributed by atoms with Crippen molar-refractivity contribution in [2.45, 2.75) is 47.1 Å². The highest BCUT2D eigenvalue weighted by atomic mass is 16.4. The fourth-order valence-electron chi connectivity index (χ4n) is 2.80. The molecule has 5 heteroatoms. The first-order chi connectivity index (χ1) is 10.7. The summed E-state index contributed by atoms with van der Waals surface area (Å²) in [6.45, 7) is 12.0. The number of hydrogen-bond acceptors (Lipinski definition) is 4. The summed E-state index contributed by atoms with van der Waals surface area (Å²) in [6.07, 6.45) is 0. The third-order valence-electron chi connectivity index (χ3n) is 3.75. The van der Waals surface area contributed by atoms with Crippen LogP contribution in [0.3, 0.4) is 0 Å². The molecule has 2 aromatic heterocycles. The molecule has 3 aromatic rings. The molecule has 0 saturated carbocycles. The number of benzene rings is 1. The zero-order valence-corrected chi connectivity index (χ0v) is 14.4. The minimum absolute atomic E-state index is 0.235. The van der Waals surface area contributed by atoms with Crippen LogP contribution in [0.25, 0.3) is 22.5 Å². The number of nitrogens with zero attached hydrogens (tertiary/aromatic N) is 3. The summed E-state index contributed by atoms with van der Waals surface area (Å²) in [7, 11) is 0. The Bertz CT molecular complexity index is 959. The molecule has 0 bridgehead atoms. The summed E-state index contributed by atoms with van der Waals surface area (Å²) < 4.78 is 7.36. The van der Waals surface area contributed by atoms with Gasteiger partial charge in [-0.2, -0.15) is 5.10 Å². The lowest BCUT2D eigenvalue weighted by Crippen LogP contribution is -2.24. The maximum atomic E-state index is 12.4. The highest BCUT2D eigenvalue weighted by molar-refractivity contribution is 5.82. The third-order valence-corrected chi connectivity index (χ3v) is 3.75. The monoisotopic (exact) mass is 311 g/mol. The van der Waals surface area contributed by atoms with Gasteiger partial charge in [0, 0.05) is 0 Å². The molecule has 0 spiro atoms. The first-order valence-corrected chi connectivity index (χ1v) is 7.66. The molecule has 0 atom stereocenters. The molecular weight excluding hydrogens is 290 g/mol. The smallest absolute Gasteiger partial charge is 0.347 e. The third kappa shape index (κ3) is 2.67. The summed E-state index contributed by atoms with van der Waals surface area (Å²) >= 11 is 0. The van der Waals surface area contributed by atoms with Gasteiger partial charge in [0.15, 0.2) is 0 Å². The summed E-state index contributed by atoms with van der Waals surface area (Å²) in [5.41, 5.74) is 3.65. The molecule has 3 rings (SSSR count). The molecule has 23 heavy (non-hydrogen) atoms. The van der Waals surface area contributed by atoms with Crippen molar-refractivity contribution in [3.63, 3.8) is 0 Å². The lowest BCUT2D eigenvalue weighted by molar-refractivity contribution is 0.353. The van der Waals surface area contributed by atoms with Crippen LogP contribution in [-0.4, -0.2) is 14.8 Å². The molecule has 120 valence electrons. The van der Waals surface area contributed by atoms with Gasteiger partial charge in [0.25, 0.3) is 0 Å². The van der Waals surface area contributed by atoms with Crippen molar-refractivity contribution in [2.24, 2.45) is 0 Å². The summed E-state index contributed by atoms with van der Waals surface area (Å²) in [6, 6.07) is 5.73. The van der Waals surface area contributed by atoms with E-state index < -0.39 is 0 Å². The molecule has 0 N–H and O–H groups in total. The van der Waals surface area contributed by atoms with E-state index in [1.165, 1.54) is 0 Å². The highest BCUT2D eigenvalue weighted by Gasteiger charge is 2.23. The van der Waals surface area contributed by atoms with E-state index in [1.807, 2.05) is 43.7 Å². The maximum Gasteiger partial charge on any atom is 0.347 e. The van der Waals surface area contributed by atoms with Gasteiger partial charge >= 0.3 is 5.63 Å². The average molecular weight is 311 g/mol. The summed E-state index contributed by atoms with van der Waals surface area (Å²) in [5, 5.41) is 5.04. The molecule has 0 saturated heterocycles. The molecule has 0 amide bonds. The van der Waals surface area contributed by atoms with Crippen LogP contribution in [0.2, 0.25) is 0 Å². The zero-order chi connectivity index (χ0) is 16.9. The van der Waals surface area contributed by atoms with Gasteiger partial charge in [-0.3, -0.25) is 4.68 Å². The van der Waals surface area contributed by atoms with E-state index in [0.717, 1.165) is 16.8 Å². The van der Waals surface area contributed by atoms with E-state index in [4.69, 9.17) is 4.42 Å². The van der Waals surface area contributed by atoms with Crippen molar-refractivity contribution in [1.82, 2.24) is 14.8 Å². The van der Waals surface area contributed by atoms with Crippen molar-refractivity contribution in [1.29, 1.82) is 0 Å². The van der Waals surface area contributed by atoms with Crippen molar-refractivity contribution >= 4 is 10.9 Å². The number of hydrogen-bond donors (Lipinski definition) is 0. The van der Waals surface area contributed by atoms with Crippen LogP contribution in [0, 0.1) is 20.8 Å². The Kier molecular flexibility index (Phi) is 3.39. The fourth-order valence-corrected chi connectivity index (χ4v) is 2.80. The summed E-state index contributed by atoms with van der Waals surface area (Å²) in [5.74, 6) is 0.310. The maximum absolute atomic E-state index is 12.4. The Balaban J connectivity index is 2.33. The standard InChI is InChI=1S/C18H21N3O2/c1-10-7-11(2)15-13(8-10)17(22)23-16(19-15)14-9-12(3)20-21(14)18(4,5)6/h7-9H,1-6H3. The fraction of sp³-hybridized carbons (Fsp3) is 0.389. The molecule has 0 aliphatic heterocycles. The van der Waals surface area contributed by atoms with Crippen LogP contribution < -0.4 is 5.63 Å². The predicted molar refractivity (Wildman–Crippen MR) is 90.7 cm³/mol. The van der Waals surface area contributed by atoms with E-state index in [-0.39, 0.29) is 11.2 Å². The van der Waals surface area contributed by atoms with E-state index in [1.54, 1.807) is 0 Å². The van der Waals surface area contributed by atoms with Gasteiger partial charge in [-0.15, -0.1) is 0 Å². The quantitative estimate of drug-likeness (QED) is 0.687. The van der Waals surface area contributed by atoms with Crippen LogP contribution in [0.4, 0.5) is 0 Å². The van der Waals surface area contributed by atoms with Gasteiger partial charge in [0.2, 0.25) is 5.89 Å². The topological polar surface area (TPSA) is 60.9 Å². The van der Waals surface area contributed by atoms with Crippen LogP contribution in [0.5, 0.6) is 0 Å². The first kappa shape index (κ1) is 15.5. The van der Waals surface area contributed by atoms with E-state index in [2.05, 4.69) is 30.9 Å². The van der Waals surface area contributed by atoms with Gasteiger partial charge in [0.1, 0.15) is 5.69 Å². The second-order valence-electron chi connectivity index (χ2n) is 7.04. The van der Waals surface area contributed by atoms with Crippen LogP contribution >= 0.6 is 0 Å². The number of rotatable bonds is 1. The van der Waals surface area contributed by atoms with Crippen LogP contribution in [-0.2, 0) is 5.54 Å². The molecule has 0 aliphatic carbocycles. The lowest BCUT2D eigenvalue weighted by Gasteiger charge is -2.21. The molecule has 0 radical (unpaired) electrons. The first-order valence-electron chi connectivity index (χ1n) is 7.66. The Hall–Kier alpha value is -2.43. The Morgan fingerprint density at radius 3 is 2.43 bits per heavy atom. The minimum atomic E-state index is -0.365. The van der Waals surface area contributed by atoms with Gasteiger partial charge < -0.3 is 4.42 Å². The molecule has 1 aromatic carbocycles. The van der Waals surface area contributed by atoms with E-state index in [0.29, 0.717) is 22.5 Å². The van der Waals surface area contributed by atoms with E-state index in [9.17, 15) is 4.79 Å². The molecule has 0 fully saturated rings. The molecule has 0 unspecified atom stereocenters. The molecule has 2 heterocycles. The van der Waals surface area contributed by atoms with E-state index >= 15 is 0 Å². The Morgan fingerprint density at radius 2 is 1.78 bits per heavy atom. The van der Waals surface area contributed by atoms with Gasteiger partial charge in [-0.1, -0.05) is 6.07 Å². The SMILES string of the molecule is Cc1cc(C)c2nc(-c3cc(C)nn3C(C)(C)C)oc(=O)c2c1. The Labute approximate surface area is 135 Å². The van der Waals surface area contributed by atoms with Crippen molar-refractivity contribution in [2.75, 3.05) is 0 Å².